The highest BCUT2D eigenvalue weighted by Crippen LogP contribution is 2.37. The molecule has 0 aliphatic rings. The smallest absolute Gasteiger partial charge is 0.125 e. The van der Waals surface area contributed by atoms with Gasteiger partial charge < -0.3 is 15.6 Å². The number of nitrogens with one attached hydrogen (secondary N) is 1. The molecule has 0 radical (unpaired) electrons. The number of pyridine rings is 1. The Kier molecular flexibility index (Phi) is 9.42. The highest BCUT2D eigenvalue weighted by molar-refractivity contribution is 5.97. The Hall–Kier alpha value is -3.09. The molecular weight excluding hydrogens is 461 g/mol. The second-order valence-corrected chi connectivity index (χ2v) is 10.1. The van der Waals surface area contributed by atoms with Gasteiger partial charge in [-0.25, -0.2) is 9.37 Å². The molecule has 37 heavy (non-hydrogen) atoms. The molecule has 0 spiro atoms. The number of benzene rings is 2. The van der Waals surface area contributed by atoms with Gasteiger partial charge in [0.2, 0.25) is 0 Å². The lowest BCUT2D eigenvalue weighted by Gasteiger charge is -2.15. The number of fused-ring (bicyclic) bond motifs is 1. The standard InChI is InChI=1S/C31H40FN5/c1-22-17-24(20-34-15-10-8-6-4-5-7-9-14-33)18-23(2)29(22)30-31(37(3)21-36-30)27-13-16-35-28-19-25(32)11-12-26(27)28/h11-13,16-19,21,34H,4-10,14-15,20,33H2,1-3H3. The van der Waals surface area contributed by atoms with Gasteiger partial charge in [0, 0.05) is 42.4 Å². The van der Waals surface area contributed by atoms with Crippen molar-refractivity contribution in [2.24, 2.45) is 12.8 Å². The number of nitrogens with two attached hydrogens (primary N) is 1. The Morgan fingerprint density at radius 1 is 0.892 bits per heavy atom. The average molecular weight is 502 g/mol. The van der Waals surface area contributed by atoms with Crippen LogP contribution < -0.4 is 11.1 Å². The van der Waals surface area contributed by atoms with E-state index < -0.39 is 0 Å². The van der Waals surface area contributed by atoms with Crippen LogP contribution in [0.2, 0.25) is 0 Å². The predicted molar refractivity (Wildman–Crippen MR) is 152 cm³/mol. The monoisotopic (exact) mass is 501 g/mol. The molecule has 4 aromatic rings. The van der Waals surface area contributed by atoms with E-state index in [2.05, 4.69) is 36.3 Å². The van der Waals surface area contributed by atoms with Crippen molar-refractivity contribution in [2.45, 2.75) is 65.3 Å². The van der Waals surface area contributed by atoms with Crippen LogP contribution in [0.15, 0.2) is 48.9 Å². The first-order valence-electron chi connectivity index (χ1n) is 13.6. The minimum Gasteiger partial charge on any atom is -0.333 e. The molecule has 0 saturated carbocycles. The fourth-order valence-corrected chi connectivity index (χ4v) is 5.30. The average Bonchev–Trinajstić information content (AvgIpc) is 3.24. The number of aryl methyl sites for hydroxylation is 3. The van der Waals surface area contributed by atoms with Gasteiger partial charge in [-0.15, -0.1) is 0 Å². The number of aromatic nitrogens is 3. The number of imidazole rings is 1. The number of nitrogens with zero attached hydrogens (tertiary/aromatic N) is 3. The molecule has 5 nitrogen and oxygen atoms in total. The molecule has 0 fully saturated rings. The summed E-state index contributed by atoms with van der Waals surface area (Å²) in [4.78, 5) is 9.19. The maximum Gasteiger partial charge on any atom is 0.125 e. The van der Waals surface area contributed by atoms with Gasteiger partial charge in [0.05, 0.1) is 23.2 Å². The van der Waals surface area contributed by atoms with Crippen molar-refractivity contribution in [2.75, 3.05) is 13.1 Å². The summed E-state index contributed by atoms with van der Waals surface area (Å²) in [6.07, 6.45) is 12.5. The molecule has 2 aromatic heterocycles. The molecular formula is C31H40FN5. The molecule has 0 bridgehead atoms. The van der Waals surface area contributed by atoms with E-state index in [-0.39, 0.29) is 5.82 Å². The summed E-state index contributed by atoms with van der Waals surface area (Å²) in [7, 11) is 2.00. The van der Waals surface area contributed by atoms with Gasteiger partial charge in [0.15, 0.2) is 0 Å². The molecule has 196 valence electrons. The first-order chi connectivity index (χ1) is 18.0. The van der Waals surface area contributed by atoms with Crippen LogP contribution in [0.4, 0.5) is 4.39 Å². The molecule has 4 rings (SSSR count). The lowest BCUT2D eigenvalue weighted by Crippen LogP contribution is -2.15. The van der Waals surface area contributed by atoms with E-state index in [0.29, 0.717) is 5.52 Å². The Bertz CT molecular complexity index is 1300. The quantitative estimate of drug-likeness (QED) is 0.197. The van der Waals surface area contributed by atoms with Crippen LogP contribution in [0.1, 0.15) is 61.6 Å². The Labute approximate surface area is 220 Å². The van der Waals surface area contributed by atoms with E-state index >= 15 is 0 Å². The molecule has 0 aliphatic heterocycles. The maximum absolute atomic E-state index is 13.8. The van der Waals surface area contributed by atoms with E-state index in [1.165, 1.54) is 67.3 Å². The Balaban J connectivity index is 1.45. The maximum atomic E-state index is 13.8. The molecule has 0 aliphatic carbocycles. The van der Waals surface area contributed by atoms with E-state index in [1.807, 2.05) is 24.0 Å². The summed E-state index contributed by atoms with van der Waals surface area (Å²) < 4.78 is 15.9. The lowest BCUT2D eigenvalue weighted by molar-refractivity contribution is 0.558. The molecule has 2 aromatic carbocycles. The number of halogens is 1. The summed E-state index contributed by atoms with van der Waals surface area (Å²) in [6.45, 7) is 7.05. The van der Waals surface area contributed by atoms with Crippen molar-refractivity contribution in [3.05, 3.63) is 71.4 Å². The van der Waals surface area contributed by atoms with Crippen LogP contribution in [-0.2, 0) is 13.6 Å². The SMILES string of the molecule is Cc1cc(CNCCCCCCCCCN)cc(C)c1-c1ncn(C)c1-c1ccnc2cc(F)ccc12. The van der Waals surface area contributed by atoms with Crippen molar-refractivity contribution < 1.29 is 4.39 Å². The van der Waals surface area contributed by atoms with E-state index in [0.717, 1.165) is 54.0 Å². The highest BCUT2D eigenvalue weighted by atomic mass is 19.1. The van der Waals surface area contributed by atoms with Crippen LogP contribution in [-0.4, -0.2) is 27.6 Å². The first-order valence-corrected chi connectivity index (χ1v) is 13.6. The Morgan fingerprint density at radius 2 is 1.59 bits per heavy atom. The molecule has 6 heteroatoms. The summed E-state index contributed by atoms with van der Waals surface area (Å²) in [6, 6.07) is 11.3. The van der Waals surface area contributed by atoms with Crippen LogP contribution >= 0.6 is 0 Å². The van der Waals surface area contributed by atoms with Crippen molar-refractivity contribution in [3.8, 4) is 22.5 Å². The third-order valence-corrected chi connectivity index (χ3v) is 7.11. The van der Waals surface area contributed by atoms with Crippen molar-refractivity contribution in [3.63, 3.8) is 0 Å². The van der Waals surface area contributed by atoms with Gasteiger partial charge >= 0.3 is 0 Å². The zero-order valence-corrected chi connectivity index (χ0v) is 22.5. The minimum absolute atomic E-state index is 0.281. The molecule has 0 amide bonds. The summed E-state index contributed by atoms with van der Waals surface area (Å²) in [5.74, 6) is -0.281. The lowest BCUT2D eigenvalue weighted by atomic mass is 9.93. The van der Waals surface area contributed by atoms with Gasteiger partial charge in [-0.2, -0.15) is 0 Å². The highest BCUT2D eigenvalue weighted by Gasteiger charge is 2.19. The molecule has 0 unspecified atom stereocenters. The van der Waals surface area contributed by atoms with Crippen molar-refractivity contribution in [1.82, 2.24) is 19.9 Å². The van der Waals surface area contributed by atoms with Crippen LogP contribution in [0.5, 0.6) is 0 Å². The Morgan fingerprint density at radius 3 is 2.32 bits per heavy atom. The van der Waals surface area contributed by atoms with Gasteiger partial charge in [-0.05, 0) is 74.7 Å². The number of hydrogen-bond acceptors (Lipinski definition) is 4. The van der Waals surface area contributed by atoms with Crippen LogP contribution in [0.25, 0.3) is 33.4 Å². The van der Waals surface area contributed by atoms with Gasteiger partial charge in [-0.1, -0.05) is 44.2 Å². The second kappa shape index (κ2) is 12.9. The van der Waals surface area contributed by atoms with E-state index in [9.17, 15) is 4.39 Å². The number of rotatable bonds is 13. The number of unbranched alkanes of at least 4 members (excludes halogenated alkanes) is 6. The van der Waals surface area contributed by atoms with Gasteiger partial charge in [0.1, 0.15) is 5.82 Å². The largest absolute Gasteiger partial charge is 0.333 e. The van der Waals surface area contributed by atoms with Crippen LogP contribution in [0, 0.1) is 19.7 Å². The first kappa shape index (κ1) is 27.0. The van der Waals surface area contributed by atoms with Crippen LogP contribution in [0.3, 0.4) is 0 Å². The number of hydrogen-bond donors (Lipinski definition) is 2. The minimum atomic E-state index is -0.281. The van der Waals surface area contributed by atoms with Gasteiger partial charge in [0.25, 0.3) is 0 Å². The van der Waals surface area contributed by atoms with Crippen molar-refractivity contribution >= 4 is 10.9 Å². The summed E-state index contributed by atoms with van der Waals surface area (Å²) in [5, 5.41) is 4.54. The molecule has 0 atom stereocenters. The zero-order chi connectivity index (χ0) is 26.2. The fraction of sp³-hybridized carbons (Fsp3) is 0.419. The third-order valence-electron chi connectivity index (χ3n) is 7.11. The molecule has 0 saturated heterocycles. The van der Waals surface area contributed by atoms with Gasteiger partial charge in [-0.3, -0.25) is 4.98 Å². The normalized spacial score (nSPS) is 11.5. The topological polar surface area (TPSA) is 68.8 Å². The summed E-state index contributed by atoms with van der Waals surface area (Å²) in [5.41, 5.74) is 14.0. The fourth-order valence-electron chi connectivity index (χ4n) is 5.30. The molecule has 2 heterocycles. The molecule has 3 N–H and O–H groups in total. The predicted octanol–water partition coefficient (Wildman–Crippen LogP) is 6.84. The zero-order valence-electron chi connectivity index (χ0n) is 22.5. The van der Waals surface area contributed by atoms with Crippen molar-refractivity contribution in [1.29, 1.82) is 0 Å². The summed E-state index contributed by atoms with van der Waals surface area (Å²) >= 11 is 0. The second-order valence-electron chi connectivity index (χ2n) is 10.1. The van der Waals surface area contributed by atoms with E-state index in [1.54, 1.807) is 12.3 Å². The third kappa shape index (κ3) is 6.62. The van der Waals surface area contributed by atoms with E-state index in [4.69, 9.17) is 10.7 Å².